The molecule has 38 heavy (non-hydrogen) atoms. The van der Waals surface area contributed by atoms with E-state index >= 15 is 0 Å². The van der Waals surface area contributed by atoms with Crippen LogP contribution in [0, 0.1) is 38.5 Å². The fraction of sp³-hybridized carbons (Fsp3) is 0.552. The number of piperidine rings is 1. The molecule has 2 aliphatic heterocycles. The molecule has 1 aromatic heterocycles. The number of aromatic nitrogens is 2. The lowest BCUT2D eigenvalue weighted by Crippen LogP contribution is -2.72. The number of carbonyl (C=O) groups is 2. The molecule has 7 nitrogen and oxygen atoms in total. The Balaban J connectivity index is 0.00000253. The van der Waals surface area contributed by atoms with E-state index in [4.69, 9.17) is 5.10 Å². The summed E-state index contributed by atoms with van der Waals surface area (Å²) in [5, 5.41) is 7.88. The summed E-state index contributed by atoms with van der Waals surface area (Å²) in [5.74, 6) is 6.26. The second kappa shape index (κ2) is 13.0. The highest BCUT2D eigenvalue weighted by Gasteiger charge is 2.53. The van der Waals surface area contributed by atoms with Crippen LogP contribution in [0.25, 0.3) is 5.69 Å². The van der Waals surface area contributed by atoms with Crippen molar-refractivity contribution >= 4 is 36.6 Å². The highest BCUT2D eigenvalue weighted by Crippen LogP contribution is 2.34. The summed E-state index contributed by atoms with van der Waals surface area (Å²) < 4.78 is 2.02. The van der Waals surface area contributed by atoms with E-state index in [9.17, 15) is 9.59 Å². The van der Waals surface area contributed by atoms with Crippen molar-refractivity contribution in [2.45, 2.75) is 78.9 Å². The van der Waals surface area contributed by atoms with Crippen molar-refractivity contribution in [3.05, 3.63) is 46.8 Å². The van der Waals surface area contributed by atoms with Crippen molar-refractivity contribution in [3.8, 4) is 17.5 Å². The van der Waals surface area contributed by atoms with E-state index in [1.54, 1.807) is 11.8 Å². The molecule has 0 bridgehead atoms. The van der Waals surface area contributed by atoms with Crippen molar-refractivity contribution in [1.29, 1.82) is 0 Å². The lowest BCUT2D eigenvalue weighted by molar-refractivity contribution is -0.160. The van der Waals surface area contributed by atoms with Gasteiger partial charge in [0.1, 0.15) is 11.6 Å². The van der Waals surface area contributed by atoms with Crippen LogP contribution >= 0.6 is 24.8 Å². The molecule has 1 aromatic carbocycles. The van der Waals surface area contributed by atoms with Crippen molar-refractivity contribution in [2.75, 3.05) is 19.6 Å². The van der Waals surface area contributed by atoms with Gasteiger partial charge in [-0.15, -0.1) is 30.7 Å². The molecule has 2 saturated heterocycles. The number of nitrogens with zero attached hydrogens (tertiary/aromatic N) is 4. The minimum absolute atomic E-state index is 0. The average molecular weight is 563 g/mol. The fourth-order valence-corrected chi connectivity index (χ4v) is 5.54. The Hall–Kier alpha value is -2.53. The Bertz CT molecular complexity index is 1190. The van der Waals surface area contributed by atoms with Crippen LogP contribution in [-0.2, 0) is 16.1 Å². The zero-order chi connectivity index (χ0) is 26.0. The molecule has 1 unspecified atom stereocenters. The summed E-state index contributed by atoms with van der Waals surface area (Å²) >= 11 is 0. The molecule has 1 spiro atoms. The lowest BCUT2D eigenvalue weighted by atomic mass is 9.81. The number of amides is 2. The Morgan fingerprint density at radius 2 is 1.71 bits per heavy atom. The first-order valence-electron chi connectivity index (χ1n) is 13.0. The van der Waals surface area contributed by atoms with Crippen LogP contribution in [-0.4, -0.2) is 62.6 Å². The maximum absolute atomic E-state index is 13.5. The number of aryl methyl sites for hydroxylation is 2. The van der Waals surface area contributed by atoms with Gasteiger partial charge in [0.2, 0.25) is 11.8 Å². The van der Waals surface area contributed by atoms with Gasteiger partial charge in [0, 0.05) is 30.9 Å². The second-order valence-electron chi connectivity index (χ2n) is 10.7. The Labute approximate surface area is 239 Å². The number of hydrogen-bond donors (Lipinski definition) is 1. The molecular formula is C29H41Cl2N5O2. The normalized spacial score (nSPS) is 18.9. The van der Waals surface area contributed by atoms with Crippen molar-refractivity contribution in [1.82, 2.24) is 24.9 Å². The van der Waals surface area contributed by atoms with Crippen LogP contribution in [0.5, 0.6) is 0 Å². The summed E-state index contributed by atoms with van der Waals surface area (Å²) in [5.41, 5.74) is 4.85. The van der Waals surface area contributed by atoms with Crippen LogP contribution in [0.15, 0.2) is 24.3 Å². The number of nitrogens with one attached hydrogen (secondary N) is 1. The molecule has 4 rings (SSSR count). The van der Waals surface area contributed by atoms with Gasteiger partial charge in [-0.1, -0.05) is 37.5 Å². The number of likely N-dealkylation sites (tertiary alicyclic amines) is 1. The molecular weight excluding hydrogens is 521 g/mol. The van der Waals surface area contributed by atoms with Gasteiger partial charge in [0.15, 0.2) is 0 Å². The largest absolute Gasteiger partial charge is 0.342 e. The third kappa shape index (κ3) is 6.20. The predicted octanol–water partition coefficient (Wildman–Crippen LogP) is 4.37. The van der Waals surface area contributed by atoms with Crippen molar-refractivity contribution in [3.63, 3.8) is 0 Å². The van der Waals surface area contributed by atoms with E-state index in [-0.39, 0.29) is 36.6 Å². The summed E-state index contributed by atoms with van der Waals surface area (Å²) in [4.78, 5) is 31.0. The molecule has 208 valence electrons. The molecule has 1 N–H and O–H groups in total. The van der Waals surface area contributed by atoms with Gasteiger partial charge in [-0.05, 0) is 65.0 Å². The van der Waals surface area contributed by atoms with Crippen LogP contribution < -0.4 is 5.32 Å². The van der Waals surface area contributed by atoms with Crippen molar-refractivity contribution in [2.24, 2.45) is 5.92 Å². The first-order chi connectivity index (χ1) is 17.2. The summed E-state index contributed by atoms with van der Waals surface area (Å²) in [6.45, 7) is 14.7. The van der Waals surface area contributed by atoms with Gasteiger partial charge < -0.3 is 10.2 Å². The van der Waals surface area contributed by atoms with E-state index in [0.717, 1.165) is 36.7 Å². The minimum Gasteiger partial charge on any atom is -0.342 e. The second-order valence-corrected chi connectivity index (χ2v) is 10.7. The predicted molar refractivity (Wildman–Crippen MR) is 156 cm³/mol. The molecule has 3 heterocycles. The number of halogens is 2. The van der Waals surface area contributed by atoms with Crippen LogP contribution in [0.1, 0.15) is 62.5 Å². The topological polar surface area (TPSA) is 70.5 Å². The fourth-order valence-electron chi connectivity index (χ4n) is 5.54. The van der Waals surface area contributed by atoms with Crippen molar-refractivity contribution < 1.29 is 9.59 Å². The number of carbonyl (C=O) groups excluding carboxylic acids is 2. The zero-order valence-corrected chi connectivity index (χ0v) is 25.0. The first-order valence-corrected chi connectivity index (χ1v) is 13.0. The Kier molecular flexibility index (Phi) is 10.9. The third-order valence-corrected chi connectivity index (χ3v) is 7.71. The van der Waals surface area contributed by atoms with E-state index in [1.807, 2.05) is 4.68 Å². The first kappa shape index (κ1) is 31.7. The van der Waals surface area contributed by atoms with Gasteiger partial charge in [-0.3, -0.25) is 14.5 Å². The third-order valence-electron chi connectivity index (χ3n) is 7.71. The SMILES string of the molecule is CC#CCN1C(=O)C(CC(C)C)NC(=O)C12CCN(Cc1c(C)nn(-c3ccc(C)cc3)c1C)CC2.Cl.Cl. The number of benzene rings is 1. The highest BCUT2D eigenvalue weighted by atomic mass is 35.5. The molecule has 2 aromatic rings. The van der Waals surface area contributed by atoms with E-state index in [1.165, 1.54) is 11.1 Å². The number of hydrogen-bond acceptors (Lipinski definition) is 4. The molecule has 0 radical (unpaired) electrons. The quantitative estimate of drug-likeness (QED) is 0.531. The molecule has 2 fully saturated rings. The maximum Gasteiger partial charge on any atom is 0.246 e. The summed E-state index contributed by atoms with van der Waals surface area (Å²) in [6.07, 6.45) is 1.86. The van der Waals surface area contributed by atoms with Gasteiger partial charge in [-0.2, -0.15) is 5.10 Å². The molecule has 0 saturated carbocycles. The Morgan fingerprint density at radius 3 is 2.29 bits per heavy atom. The zero-order valence-electron chi connectivity index (χ0n) is 23.3. The average Bonchev–Trinajstić information content (AvgIpc) is 3.12. The van der Waals surface area contributed by atoms with Gasteiger partial charge in [0.25, 0.3) is 0 Å². The Morgan fingerprint density at radius 1 is 1.08 bits per heavy atom. The van der Waals surface area contributed by atoms with Gasteiger partial charge in [0.05, 0.1) is 17.9 Å². The molecule has 9 heteroatoms. The monoisotopic (exact) mass is 561 g/mol. The van der Waals surface area contributed by atoms with Crippen LogP contribution in [0.3, 0.4) is 0 Å². The molecule has 1 atom stereocenters. The lowest BCUT2D eigenvalue weighted by Gasteiger charge is -2.51. The standard InChI is InChI=1S/C29H39N5O2.2ClH/c1-7-8-15-33-27(35)26(18-20(2)3)30-28(36)29(33)13-16-32(17-14-29)19-25-22(5)31-34(23(25)6)24-11-9-21(4)10-12-24;;/h9-12,20,26H,13-19H2,1-6H3,(H,30,36);2*1H. The summed E-state index contributed by atoms with van der Waals surface area (Å²) in [6, 6.07) is 7.95. The minimum atomic E-state index is -0.818. The van der Waals surface area contributed by atoms with E-state index in [2.05, 4.69) is 80.9 Å². The van der Waals surface area contributed by atoms with Gasteiger partial charge >= 0.3 is 0 Å². The van der Waals surface area contributed by atoms with Crippen LogP contribution in [0.4, 0.5) is 0 Å². The highest BCUT2D eigenvalue weighted by molar-refractivity contribution is 6.00. The van der Waals surface area contributed by atoms with E-state index in [0.29, 0.717) is 31.7 Å². The smallest absolute Gasteiger partial charge is 0.246 e. The number of rotatable bonds is 6. The maximum atomic E-state index is 13.5. The van der Waals surface area contributed by atoms with E-state index < -0.39 is 11.6 Å². The van der Waals surface area contributed by atoms with Crippen LogP contribution in [0.2, 0.25) is 0 Å². The molecule has 0 aliphatic carbocycles. The molecule has 2 aliphatic rings. The molecule has 2 amide bonds. The van der Waals surface area contributed by atoms with Gasteiger partial charge in [-0.25, -0.2) is 4.68 Å². The number of piperazine rings is 1. The summed E-state index contributed by atoms with van der Waals surface area (Å²) in [7, 11) is 0.